The smallest absolute Gasteiger partial charge is 0.244 e. The van der Waals surface area contributed by atoms with E-state index in [0.29, 0.717) is 43.5 Å². The maximum Gasteiger partial charge on any atom is 0.244 e. The van der Waals surface area contributed by atoms with Crippen LogP contribution in [0, 0.1) is 16.1 Å². The van der Waals surface area contributed by atoms with Crippen LogP contribution in [0.1, 0.15) is 30.1 Å². The van der Waals surface area contributed by atoms with Crippen molar-refractivity contribution in [3.8, 4) is 6.07 Å². The van der Waals surface area contributed by atoms with Gasteiger partial charge in [-0.2, -0.15) is 19.3 Å². The minimum atomic E-state index is -3.66. The molecule has 2 aromatic rings. The molecule has 0 spiro atoms. The van der Waals surface area contributed by atoms with Crippen LogP contribution in [0.5, 0.6) is 0 Å². The predicted molar refractivity (Wildman–Crippen MR) is 105 cm³/mol. The molecule has 28 heavy (non-hydrogen) atoms. The summed E-state index contributed by atoms with van der Waals surface area (Å²) in [4.78, 5) is 1.33. The molecule has 1 saturated heterocycles. The van der Waals surface area contributed by atoms with Crippen molar-refractivity contribution >= 4 is 22.2 Å². The first-order valence-corrected chi connectivity index (χ1v) is 11.2. The van der Waals surface area contributed by atoms with Crippen LogP contribution in [-0.4, -0.2) is 53.2 Å². The number of hydrogen-bond acceptors (Lipinski definition) is 5. The molecule has 1 saturated carbocycles. The highest BCUT2D eigenvalue weighted by Gasteiger charge is 2.33. The first-order chi connectivity index (χ1) is 13.4. The molecule has 0 atom stereocenters. The van der Waals surface area contributed by atoms with E-state index in [1.54, 1.807) is 12.1 Å². The molecule has 0 radical (unpaired) electrons. The summed E-state index contributed by atoms with van der Waals surface area (Å²) >= 11 is 5.52. The van der Waals surface area contributed by atoms with Gasteiger partial charge < -0.3 is 9.47 Å². The van der Waals surface area contributed by atoms with E-state index in [9.17, 15) is 13.7 Å². The number of nitrogens with zero attached hydrogens (tertiary/aromatic N) is 5. The highest BCUT2D eigenvalue weighted by Crippen LogP contribution is 2.38. The van der Waals surface area contributed by atoms with Crippen LogP contribution in [0.3, 0.4) is 0 Å². The van der Waals surface area contributed by atoms with Gasteiger partial charge in [-0.05, 0) is 37.2 Å². The summed E-state index contributed by atoms with van der Waals surface area (Å²) in [5.41, 5.74) is 0.185. The Kier molecular flexibility index (Phi) is 5.09. The van der Waals surface area contributed by atoms with E-state index in [-0.39, 0.29) is 10.5 Å². The lowest BCUT2D eigenvalue weighted by molar-refractivity contribution is -0.926. The first-order valence-electron chi connectivity index (χ1n) is 9.38. The summed E-state index contributed by atoms with van der Waals surface area (Å²) in [5.74, 6) is 1.59. The maximum absolute atomic E-state index is 12.9. The molecule has 1 aromatic heterocycles. The molecule has 1 aromatic carbocycles. The van der Waals surface area contributed by atoms with Crippen molar-refractivity contribution in [3.63, 3.8) is 0 Å². The molecule has 8 nitrogen and oxygen atoms in total. The van der Waals surface area contributed by atoms with Gasteiger partial charge in [0.1, 0.15) is 11.9 Å². The molecule has 148 valence electrons. The normalized spacial score (nSPS) is 18.9. The van der Waals surface area contributed by atoms with E-state index in [0.717, 1.165) is 5.82 Å². The van der Waals surface area contributed by atoms with Crippen molar-refractivity contribution in [1.82, 2.24) is 18.7 Å². The van der Waals surface area contributed by atoms with Gasteiger partial charge in [0.05, 0.1) is 36.6 Å². The zero-order valence-electron chi connectivity index (χ0n) is 15.7. The zero-order chi connectivity index (χ0) is 19.9. The van der Waals surface area contributed by atoms with Crippen LogP contribution in [0.2, 0.25) is 0 Å². The average molecular weight is 420 g/mol. The third-order valence-electron chi connectivity index (χ3n) is 5.45. The summed E-state index contributed by atoms with van der Waals surface area (Å²) in [7, 11) is -1.70. The second-order valence-corrected chi connectivity index (χ2v) is 9.67. The lowest BCUT2D eigenvalue weighted by atomic mass is 10.2. The Morgan fingerprint density at radius 3 is 2.61 bits per heavy atom. The largest absolute Gasteiger partial charge is 0.314 e. The molecular weight excluding hydrogens is 396 g/mol. The molecule has 10 heteroatoms. The summed E-state index contributed by atoms with van der Waals surface area (Å²) in [6.07, 6.45) is 2.35. The minimum absolute atomic E-state index is 0.0852. The molecule has 0 bridgehead atoms. The fourth-order valence-electron chi connectivity index (χ4n) is 3.64. The van der Waals surface area contributed by atoms with E-state index in [2.05, 4.69) is 0 Å². The second kappa shape index (κ2) is 7.40. The molecule has 0 amide bonds. The van der Waals surface area contributed by atoms with Gasteiger partial charge in [0.2, 0.25) is 14.8 Å². The average Bonchev–Trinajstić information content (AvgIpc) is 3.51. The van der Waals surface area contributed by atoms with E-state index in [1.165, 1.54) is 34.2 Å². The number of rotatable bonds is 5. The van der Waals surface area contributed by atoms with Crippen molar-refractivity contribution in [3.05, 3.63) is 40.4 Å². The number of piperazine rings is 1. The number of sulfonamides is 1. The summed E-state index contributed by atoms with van der Waals surface area (Å²) in [5, 5.41) is 13.9. The monoisotopic (exact) mass is 419 g/mol. The number of nitrogens with one attached hydrogen (secondary N) is 1. The molecule has 2 heterocycles. The Labute approximate surface area is 169 Å². The fraction of sp³-hybridized carbons (Fsp3) is 0.500. The van der Waals surface area contributed by atoms with Crippen molar-refractivity contribution in [2.75, 3.05) is 26.2 Å². The number of benzene rings is 1. The number of aromatic nitrogens is 3. The topological polar surface area (TPSA) is 88.4 Å². The molecule has 1 aliphatic heterocycles. The molecule has 4 rings (SSSR count). The highest BCUT2D eigenvalue weighted by atomic mass is 32.2. The Bertz CT molecular complexity index is 1090. The van der Waals surface area contributed by atoms with Gasteiger partial charge in [0, 0.05) is 13.0 Å². The Balaban J connectivity index is 1.44. The van der Waals surface area contributed by atoms with Gasteiger partial charge >= 0.3 is 0 Å². The highest BCUT2D eigenvalue weighted by molar-refractivity contribution is 7.89. The second-order valence-electron chi connectivity index (χ2n) is 7.39. The lowest BCUT2D eigenvalue weighted by Gasteiger charge is -2.31. The molecule has 1 N–H and O–H groups in total. The molecule has 0 unspecified atom stereocenters. The molecule has 2 aliphatic rings. The van der Waals surface area contributed by atoms with Crippen molar-refractivity contribution in [1.29, 1.82) is 5.26 Å². The zero-order valence-corrected chi connectivity index (χ0v) is 17.3. The quantitative estimate of drug-likeness (QED) is 0.702. The maximum atomic E-state index is 12.9. The van der Waals surface area contributed by atoms with E-state index >= 15 is 0 Å². The van der Waals surface area contributed by atoms with Gasteiger partial charge in [-0.25, -0.2) is 8.42 Å². The van der Waals surface area contributed by atoms with Gasteiger partial charge in [0.25, 0.3) is 0 Å². The number of hydrogen-bond donors (Lipinski definition) is 1. The SMILES string of the molecule is Cn1c(C2CC2)nn(C[NH+]2CCN(S(=O)(=O)c3ccccc3C#N)CC2)c1=S. The van der Waals surface area contributed by atoms with Gasteiger partial charge in [-0.1, -0.05) is 12.1 Å². The number of quaternary nitrogens is 1. The Morgan fingerprint density at radius 2 is 1.96 bits per heavy atom. The summed E-state index contributed by atoms with van der Waals surface area (Å²) < 4.78 is 31.9. The molecular formula is C18H23N6O2S2+. The van der Waals surface area contributed by atoms with Crippen molar-refractivity contribution in [2.45, 2.75) is 30.3 Å². The van der Waals surface area contributed by atoms with Crippen LogP contribution in [0.25, 0.3) is 0 Å². The predicted octanol–water partition coefficient (Wildman–Crippen LogP) is 0.247. The van der Waals surface area contributed by atoms with E-state index in [4.69, 9.17) is 17.3 Å². The summed E-state index contributed by atoms with van der Waals surface area (Å²) in [6.45, 7) is 2.80. The molecule has 1 aliphatic carbocycles. The minimum Gasteiger partial charge on any atom is -0.314 e. The van der Waals surface area contributed by atoms with Gasteiger partial charge in [-0.15, -0.1) is 0 Å². The standard InChI is InChI=1S/C18H22N6O2S2/c1-21-17(14-6-7-14)20-24(18(21)27)13-22-8-10-23(11-9-22)28(25,26)16-5-3-2-4-15(16)12-19/h2-5,14H,6-11,13H2,1H3/p+1. The summed E-state index contributed by atoms with van der Waals surface area (Å²) in [6, 6.07) is 8.33. The van der Waals surface area contributed by atoms with Crippen LogP contribution in [-0.2, 0) is 23.7 Å². The Hall–Kier alpha value is -2.06. The van der Waals surface area contributed by atoms with Gasteiger partial charge in [-0.3, -0.25) is 0 Å². The van der Waals surface area contributed by atoms with Crippen molar-refractivity contribution < 1.29 is 13.3 Å². The fourth-order valence-corrected chi connectivity index (χ4v) is 5.42. The van der Waals surface area contributed by atoms with Gasteiger partial charge in [0.15, 0.2) is 6.67 Å². The number of nitriles is 1. The van der Waals surface area contributed by atoms with E-state index < -0.39 is 10.0 Å². The first kappa shape index (κ1) is 19.3. The van der Waals surface area contributed by atoms with Crippen LogP contribution >= 0.6 is 12.2 Å². The third-order valence-corrected chi connectivity index (χ3v) is 7.89. The third kappa shape index (κ3) is 3.51. The Morgan fingerprint density at radius 1 is 1.29 bits per heavy atom. The van der Waals surface area contributed by atoms with Crippen LogP contribution in [0.15, 0.2) is 29.2 Å². The molecule has 2 fully saturated rings. The van der Waals surface area contributed by atoms with E-state index in [1.807, 2.05) is 22.4 Å². The van der Waals surface area contributed by atoms with Crippen LogP contribution < -0.4 is 4.90 Å². The van der Waals surface area contributed by atoms with Crippen LogP contribution in [0.4, 0.5) is 0 Å². The van der Waals surface area contributed by atoms with Crippen molar-refractivity contribution in [2.24, 2.45) is 7.05 Å². The lowest BCUT2D eigenvalue weighted by Crippen LogP contribution is -3.14.